The maximum absolute atomic E-state index is 12.9. The van der Waals surface area contributed by atoms with Gasteiger partial charge in [0.1, 0.15) is 5.82 Å². The zero-order valence-electron chi connectivity index (χ0n) is 11.8. The Bertz CT molecular complexity index is 815. The van der Waals surface area contributed by atoms with Gasteiger partial charge in [-0.2, -0.15) is 0 Å². The number of thiophene rings is 1. The molecular formula is C17H12ClFN2OS. The Morgan fingerprint density at radius 2 is 1.61 bits per heavy atom. The van der Waals surface area contributed by atoms with Crippen molar-refractivity contribution in [2.75, 3.05) is 10.6 Å². The second kappa shape index (κ2) is 6.81. The number of halogens is 2. The predicted molar refractivity (Wildman–Crippen MR) is 93.8 cm³/mol. The van der Waals surface area contributed by atoms with Crippen LogP contribution in [0, 0.1) is 5.82 Å². The number of urea groups is 1. The summed E-state index contributed by atoms with van der Waals surface area (Å²) in [6.07, 6.45) is 0. The first-order valence-electron chi connectivity index (χ1n) is 6.79. The van der Waals surface area contributed by atoms with Crippen LogP contribution in [0.3, 0.4) is 0 Å². The third-order valence-electron chi connectivity index (χ3n) is 3.07. The molecule has 0 bridgehead atoms. The zero-order valence-corrected chi connectivity index (χ0v) is 13.4. The molecule has 6 heteroatoms. The van der Waals surface area contributed by atoms with E-state index in [4.69, 9.17) is 11.6 Å². The second-order valence-electron chi connectivity index (χ2n) is 4.76. The monoisotopic (exact) mass is 346 g/mol. The van der Waals surface area contributed by atoms with E-state index < -0.39 is 0 Å². The highest BCUT2D eigenvalue weighted by atomic mass is 35.5. The van der Waals surface area contributed by atoms with E-state index in [1.165, 1.54) is 23.5 Å². The highest BCUT2D eigenvalue weighted by Crippen LogP contribution is 2.31. The smallest absolute Gasteiger partial charge is 0.308 e. The van der Waals surface area contributed by atoms with Gasteiger partial charge in [0.05, 0.1) is 5.00 Å². The third kappa shape index (κ3) is 4.09. The Kier molecular flexibility index (Phi) is 4.60. The lowest BCUT2D eigenvalue weighted by Gasteiger charge is -2.05. The number of nitrogens with one attached hydrogen (secondary N) is 2. The lowest BCUT2D eigenvalue weighted by molar-refractivity contribution is 0.262. The molecule has 0 aliphatic carbocycles. The summed E-state index contributed by atoms with van der Waals surface area (Å²) in [7, 11) is 0. The van der Waals surface area contributed by atoms with E-state index in [0.717, 1.165) is 10.4 Å². The third-order valence-corrected chi connectivity index (χ3v) is 4.38. The summed E-state index contributed by atoms with van der Waals surface area (Å²) in [6.45, 7) is 0. The molecule has 1 heterocycles. The minimum absolute atomic E-state index is 0.272. The normalized spacial score (nSPS) is 10.3. The molecule has 1 aromatic heterocycles. The van der Waals surface area contributed by atoms with Crippen molar-refractivity contribution in [3.8, 4) is 10.4 Å². The molecular weight excluding hydrogens is 335 g/mol. The lowest BCUT2D eigenvalue weighted by Crippen LogP contribution is -2.18. The summed E-state index contributed by atoms with van der Waals surface area (Å²) in [5.74, 6) is -0.272. The van der Waals surface area contributed by atoms with E-state index in [1.54, 1.807) is 36.4 Å². The number of amides is 2. The van der Waals surface area contributed by atoms with Crippen molar-refractivity contribution in [3.05, 3.63) is 71.5 Å². The van der Waals surface area contributed by atoms with Gasteiger partial charge in [0.25, 0.3) is 0 Å². The van der Waals surface area contributed by atoms with Crippen LogP contribution in [0.5, 0.6) is 0 Å². The zero-order chi connectivity index (χ0) is 16.2. The second-order valence-corrected chi connectivity index (χ2v) is 6.28. The van der Waals surface area contributed by atoms with Gasteiger partial charge in [0, 0.05) is 15.6 Å². The predicted octanol–water partition coefficient (Wildman–Crippen LogP) is 5.85. The molecule has 2 aromatic carbocycles. The van der Waals surface area contributed by atoms with Crippen LogP contribution in [-0.2, 0) is 0 Å². The van der Waals surface area contributed by atoms with Crippen LogP contribution < -0.4 is 10.6 Å². The van der Waals surface area contributed by atoms with Gasteiger partial charge in [0.2, 0.25) is 0 Å². The molecule has 2 amide bonds. The number of carbonyl (C=O) groups excluding carboxylic acids is 1. The van der Waals surface area contributed by atoms with Gasteiger partial charge in [-0.05, 0) is 54.1 Å². The number of anilines is 2. The van der Waals surface area contributed by atoms with Crippen LogP contribution in [-0.4, -0.2) is 6.03 Å². The number of hydrogen-bond donors (Lipinski definition) is 2. The maximum Gasteiger partial charge on any atom is 0.324 e. The van der Waals surface area contributed by atoms with Crippen molar-refractivity contribution in [2.45, 2.75) is 0 Å². The topological polar surface area (TPSA) is 41.1 Å². The van der Waals surface area contributed by atoms with Gasteiger partial charge in [-0.15, -0.1) is 11.3 Å². The molecule has 0 aliphatic heterocycles. The molecule has 0 saturated carbocycles. The molecule has 116 valence electrons. The van der Waals surface area contributed by atoms with Crippen LogP contribution in [0.15, 0.2) is 60.7 Å². The van der Waals surface area contributed by atoms with E-state index in [1.807, 2.05) is 12.1 Å². The Labute approximate surface area is 141 Å². The van der Waals surface area contributed by atoms with E-state index in [9.17, 15) is 9.18 Å². The Morgan fingerprint density at radius 1 is 0.913 bits per heavy atom. The Hall–Kier alpha value is -2.37. The summed E-state index contributed by atoms with van der Waals surface area (Å²) in [6, 6.07) is 16.5. The molecule has 3 rings (SSSR count). The summed E-state index contributed by atoms with van der Waals surface area (Å²) in [4.78, 5) is 12.9. The molecule has 0 atom stereocenters. The van der Waals surface area contributed by atoms with Gasteiger partial charge in [-0.25, -0.2) is 9.18 Å². The number of hydrogen-bond acceptors (Lipinski definition) is 2. The number of benzene rings is 2. The standard InChI is InChI=1S/C17H12ClFN2OS/c18-12-3-7-14(8-4-12)20-17(22)21-16-10-9-15(23-16)11-1-5-13(19)6-2-11/h1-10H,(H2,20,21,22). The van der Waals surface area contributed by atoms with Gasteiger partial charge in [-0.1, -0.05) is 23.7 Å². The first-order valence-corrected chi connectivity index (χ1v) is 7.99. The number of rotatable bonds is 3. The summed E-state index contributed by atoms with van der Waals surface area (Å²) >= 11 is 7.22. The van der Waals surface area contributed by atoms with E-state index in [-0.39, 0.29) is 11.8 Å². The van der Waals surface area contributed by atoms with Crippen LogP contribution in [0.1, 0.15) is 0 Å². The van der Waals surface area contributed by atoms with Crippen LogP contribution in [0.2, 0.25) is 5.02 Å². The first-order chi connectivity index (χ1) is 11.1. The molecule has 0 saturated heterocycles. The highest BCUT2D eigenvalue weighted by Gasteiger charge is 2.07. The largest absolute Gasteiger partial charge is 0.324 e. The fourth-order valence-corrected chi connectivity index (χ4v) is 3.01. The molecule has 0 aliphatic rings. The van der Waals surface area contributed by atoms with Crippen molar-refractivity contribution in [2.24, 2.45) is 0 Å². The summed E-state index contributed by atoms with van der Waals surface area (Å²) < 4.78 is 12.9. The molecule has 3 nitrogen and oxygen atoms in total. The average molecular weight is 347 g/mol. The molecule has 2 N–H and O–H groups in total. The van der Waals surface area contributed by atoms with E-state index in [0.29, 0.717) is 15.7 Å². The molecule has 3 aromatic rings. The van der Waals surface area contributed by atoms with Crippen molar-refractivity contribution in [3.63, 3.8) is 0 Å². The van der Waals surface area contributed by atoms with Crippen LogP contribution >= 0.6 is 22.9 Å². The quantitative estimate of drug-likeness (QED) is 0.613. The van der Waals surface area contributed by atoms with Crippen molar-refractivity contribution in [1.82, 2.24) is 0 Å². The highest BCUT2D eigenvalue weighted by molar-refractivity contribution is 7.19. The van der Waals surface area contributed by atoms with Gasteiger partial charge in [-0.3, -0.25) is 5.32 Å². The fourth-order valence-electron chi connectivity index (χ4n) is 1.98. The number of carbonyl (C=O) groups is 1. The molecule has 0 radical (unpaired) electrons. The van der Waals surface area contributed by atoms with Gasteiger partial charge < -0.3 is 5.32 Å². The van der Waals surface area contributed by atoms with Gasteiger partial charge in [0.15, 0.2) is 0 Å². The molecule has 0 spiro atoms. The molecule has 0 unspecified atom stereocenters. The Morgan fingerprint density at radius 3 is 2.30 bits per heavy atom. The van der Waals surface area contributed by atoms with E-state index in [2.05, 4.69) is 10.6 Å². The van der Waals surface area contributed by atoms with Crippen LogP contribution in [0.25, 0.3) is 10.4 Å². The summed E-state index contributed by atoms with van der Waals surface area (Å²) in [5.41, 5.74) is 1.56. The fraction of sp³-hybridized carbons (Fsp3) is 0. The lowest BCUT2D eigenvalue weighted by atomic mass is 10.2. The SMILES string of the molecule is O=C(Nc1ccc(Cl)cc1)Nc1ccc(-c2ccc(F)cc2)s1. The maximum atomic E-state index is 12.9. The van der Waals surface area contributed by atoms with Crippen LogP contribution in [0.4, 0.5) is 19.9 Å². The Balaban J connectivity index is 1.65. The molecule has 23 heavy (non-hydrogen) atoms. The van der Waals surface area contributed by atoms with Crippen molar-refractivity contribution >= 4 is 39.7 Å². The first kappa shape index (κ1) is 15.5. The van der Waals surface area contributed by atoms with E-state index >= 15 is 0 Å². The minimum Gasteiger partial charge on any atom is -0.308 e. The van der Waals surface area contributed by atoms with Crippen molar-refractivity contribution < 1.29 is 9.18 Å². The van der Waals surface area contributed by atoms with Gasteiger partial charge >= 0.3 is 6.03 Å². The van der Waals surface area contributed by atoms with Crippen molar-refractivity contribution in [1.29, 1.82) is 0 Å². The average Bonchev–Trinajstić information content (AvgIpc) is 2.98. The summed E-state index contributed by atoms with van der Waals surface area (Å²) in [5, 5.41) is 6.80. The molecule has 0 fully saturated rings. The minimum atomic E-state index is -0.333.